The van der Waals surface area contributed by atoms with Gasteiger partial charge in [0.15, 0.2) is 0 Å². The maximum atomic E-state index is 12.2. The van der Waals surface area contributed by atoms with Crippen LogP contribution in [0.2, 0.25) is 10.0 Å². The molecule has 3 nitrogen and oxygen atoms in total. The van der Waals surface area contributed by atoms with Crippen LogP contribution in [0.15, 0.2) is 36.4 Å². The van der Waals surface area contributed by atoms with Crippen LogP contribution < -0.4 is 10.1 Å². The SMILES string of the molecule is COc1cccc(Cl)c1CNC(=O)c1cc(Cl)ccc1I. The topological polar surface area (TPSA) is 38.3 Å². The lowest BCUT2D eigenvalue weighted by Crippen LogP contribution is -2.24. The lowest BCUT2D eigenvalue weighted by Gasteiger charge is -2.12. The first-order valence-corrected chi connectivity index (χ1v) is 7.91. The van der Waals surface area contributed by atoms with Crippen molar-refractivity contribution in [3.63, 3.8) is 0 Å². The van der Waals surface area contributed by atoms with Crippen molar-refractivity contribution in [2.24, 2.45) is 0 Å². The standard InChI is InChI=1S/C15H12Cl2INO2/c1-21-14-4-2-3-12(17)11(14)8-19-15(20)10-7-9(16)5-6-13(10)18/h2-7H,8H2,1H3,(H,19,20). The van der Waals surface area contributed by atoms with Crippen LogP contribution in [0.5, 0.6) is 5.75 Å². The summed E-state index contributed by atoms with van der Waals surface area (Å²) in [5.41, 5.74) is 1.28. The number of benzene rings is 2. The molecule has 0 saturated carbocycles. The normalized spacial score (nSPS) is 10.3. The van der Waals surface area contributed by atoms with Gasteiger partial charge in [-0.15, -0.1) is 0 Å². The molecule has 2 rings (SSSR count). The molecule has 110 valence electrons. The first-order chi connectivity index (χ1) is 10.0. The average Bonchev–Trinajstić information content (AvgIpc) is 2.47. The minimum Gasteiger partial charge on any atom is -0.496 e. The number of halogens is 3. The summed E-state index contributed by atoms with van der Waals surface area (Å²) in [6.45, 7) is 0.282. The Hall–Kier alpha value is -0.980. The second-order valence-electron chi connectivity index (χ2n) is 4.23. The van der Waals surface area contributed by atoms with Crippen LogP contribution in [-0.2, 0) is 6.54 Å². The van der Waals surface area contributed by atoms with Crippen molar-refractivity contribution in [1.82, 2.24) is 5.32 Å². The second-order valence-corrected chi connectivity index (χ2v) is 6.23. The van der Waals surface area contributed by atoms with E-state index in [2.05, 4.69) is 27.9 Å². The molecule has 1 N–H and O–H groups in total. The summed E-state index contributed by atoms with van der Waals surface area (Å²) in [6, 6.07) is 10.5. The van der Waals surface area contributed by atoms with Gasteiger partial charge in [0.2, 0.25) is 0 Å². The molecular weight excluding hydrogens is 424 g/mol. The number of methoxy groups -OCH3 is 1. The van der Waals surface area contributed by atoms with Gasteiger partial charge in [-0.25, -0.2) is 0 Å². The van der Waals surface area contributed by atoms with E-state index in [1.807, 2.05) is 0 Å². The molecule has 0 radical (unpaired) electrons. The zero-order chi connectivity index (χ0) is 15.4. The fourth-order valence-corrected chi connectivity index (χ4v) is 2.82. The highest BCUT2D eigenvalue weighted by Crippen LogP contribution is 2.26. The first kappa shape index (κ1) is 16.4. The highest BCUT2D eigenvalue weighted by molar-refractivity contribution is 14.1. The van der Waals surface area contributed by atoms with Crippen LogP contribution in [0.3, 0.4) is 0 Å². The molecule has 21 heavy (non-hydrogen) atoms. The maximum absolute atomic E-state index is 12.2. The molecule has 0 bridgehead atoms. The lowest BCUT2D eigenvalue weighted by molar-refractivity contribution is 0.0950. The molecular formula is C15H12Cl2INO2. The maximum Gasteiger partial charge on any atom is 0.252 e. The molecule has 2 aromatic carbocycles. The molecule has 0 aromatic heterocycles. The zero-order valence-electron chi connectivity index (χ0n) is 11.1. The van der Waals surface area contributed by atoms with Gasteiger partial charge in [-0.1, -0.05) is 29.3 Å². The van der Waals surface area contributed by atoms with Crippen molar-refractivity contribution in [2.75, 3.05) is 7.11 Å². The summed E-state index contributed by atoms with van der Waals surface area (Å²) >= 11 is 14.2. The largest absolute Gasteiger partial charge is 0.496 e. The van der Waals surface area contributed by atoms with E-state index in [1.165, 1.54) is 0 Å². The van der Waals surface area contributed by atoms with Crippen molar-refractivity contribution in [3.8, 4) is 5.75 Å². The van der Waals surface area contributed by atoms with Crippen LogP contribution in [-0.4, -0.2) is 13.0 Å². The van der Waals surface area contributed by atoms with E-state index in [4.69, 9.17) is 27.9 Å². The van der Waals surface area contributed by atoms with Gasteiger partial charge < -0.3 is 10.1 Å². The molecule has 0 saturated heterocycles. The Morgan fingerprint density at radius 1 is 1.29 bits per heavy atom. The van der Waals surface area contributed by atoms with E-state index < -0.39 is 0 Å². The molecule has 0 unspecified atom stereocenters. The third-order valence-corrected chi connectivity index (χ3v) is 4.42. The summed E-state index contributed by atoms with van der Waals surface area (Å²) in [6.07, 6.45) is 0. The summed E-state index contributed by atoms with van der Waals surface area (Å²) in [7, 11) is 1.57. The number of hydrogen-bond acceptors (Lipinski definition) is 2. The van der Waals surface area contributed by atoms with Gasteiger partial charge in [-0.2, -0.15) is 0 Å². The molecule has 0 aliphatic rings. The van der Waals surface area contributed by atoms with Crippen molar-refractivity contribution in [2.45, 2.75) is 6.54 Å². The van der Waals surface area contributed by atoms with Crippen LogP contribution in [0.25, 0.3) is 0 Å². The fraction of sp³-hybridized carbons (Fsp3) is 0.133. The van der Waals surface area contributed by atoms with Gasteiger partial charge in [0.1, 0.15) is 5.75 Å². The Morgan fingerprint density at radius 3 is 2.76 bits per heavy atom. The highest BCUT2D eigenvalue weighted by atomic mass is 127. The van der Waals surface area contributed by atoms with Crippen LogP contribution in [0.1, 0.15) is 15.9 Å². The summed E-state index contributed by atoms with van der Waals surface area (Å²) < 4.78 is 6.08. The van der Waals surface area contributed by atoms with E-state index in [-0.39, 0.29) is 12.5 Å². The number of ether oxygens (including phenoxy) is 1. The number of hydrogen-bond donors (Lipinski definition) is 1. The van der Waals surface area contributed by atoms with Gasteiger partial charge in [-0.3, -0.25) is 4.79 Å². The second kappa shape index (κ2) is 7.33. The monoisotopic (exact) mass is 435 g/mol. The van der Waals surface area contributed by atoms with Gasteiger partial charge >= 0.3 is 0 Å². The van der Waals surface area contributed by atoms with E-state index in [1.54, 1.807) is 43.5 Å². The Kier molecular flexibility index (Phi) is 5.72. The van der Waals surface area contributed by atoms with Crippen molar-refractivity contribution in [1.29, 1.82) is 0 Å². The molecule has 0 aliphatic carbocycles. The summed E-state index contributed by atoms with van der Waals surface area (Å²) in [5, 5.41) is 3.91. The summed E-state index contributed by atoms with van der Waals surface area (Å²) in [4.78, 5) is 12.2. The number of nitrogens with one attached hydrogen (secondary N) is 1. The third kappa shape index (κ3) is 4.02. The predicted molar refractivity (Wildman–Crippen MR) is 93.3 cm³/mol. The van der Waals surface area contributed by atoms with Crippen LogP contribution in [0.4, 0.5) is 0 Å². The van der Waals surface area contributed by atoms with Crippen molar-refractivity contribution >= 4 is 51.7 Å². The molecule has 0 spiro atoms. The zero-order valence-corrected chi connectivity index (χ0v) is 14.8. The van der Waals surface area contributed by atoms with Gasteiger partial charge in [0.25, 0.3) is 5.91 Å². The molecule has 0 fully saturated rings. The molecule has 0 heterocycles. The quantitative estimate of drug-likeness (QED) is 0.716. The minimum absolute atomic E-state index is 0.205. The Balaban J connectivity index is 2.17. The van der Waals surface area contributed by atoms with E-state index in [0.29, 0.717) is 21.4 Å². The number of carbonyl (C=O) groups excluding carboxylic acids is 1. The first-order valence-electron chi connectivity index (χ1n) is 6.07. The number of carbonyl (C=O) groups is 1. The smallest absolute Gasteiger partial charge is 0.252 e. The van der Waals surface area contributed by atoms with E-state index in [0.717, 1.165) is 9.13 Å². The average molecular weight is 436 g/mol. The fourth-order valence-electron chi connectivity index (χ4n) is 1.84. The third-order valence-electron chi connectivity index (χ3n) is 2.89. The summed E-state index contributed by atoms with van der Waals surface area (Å²) in [5.74, 6) is 0.437. The highest BCUT2D eigenvalue weighted by Gasteiger charge is 2.13. The predicted octanol–water partition coefficient (Wildman–Crippen LogP) is 4.54. The number of rotatable bonds is 4. The molecule has 2 aromatic rings. The number of amides is 1. The Labute approximate surface area is 146 Å². The molecule has 0 atom stereocenters. The van der Waals surface area contributed by atoms with Gasteiger partial charge in [0.05, 0.1) is 12.7 Å². The molecule has 6 heteroatoms. The van der Waals surface area contributed by atoms with Gasteiger partial charge in [-0.05, 0) is 52.9 Å². The van der Waals surface area contributed by atoms with Gasteiger partial charge in [0, 0.05) is 25.7 Å². The van der Waals surface area contributed by atoms with Crippen LogP contribution >= 0.6 is 45.8 Å². The van der Waals surface area contributed by atoms with E-state index in [9.17, 15) is 4.79 Å². The Morgan fingerprint density at radius 2 is 2.05 bits per heavy atom. The molecule has 1 amide bonds. The minimum atomic E-state index is -0.205. The van der Waals surface area contributed by atoms with Crippen molar-refractivity contribution in [3.05, 3.63) is 61.1 Å². The molecule has 0 aliphatic heterocycles. The van der Waals surface area contributed by atoms with Crippen molar-refractivity contribution < 1.29 is 9.53 Å². The van der Waals surface area contributed by atoms with E-state index >= 15 is 0 Å². The van der Waals surface area contributed by atoms with Crippen LogP contribution in [0, 0.1) is 3.57 Å². The lowest BCUT2D eigenvalue weighted by atomic mass is 10.1. The Bertz CT molecular complexity index is 677.